The Morgan fingerprint density at radius 3 is 3.11 bits per heavy atom. The fraction of sp³-hybridized carbons (Fsp3) is 0.357. The van der Waals surface area contributed by atoms with Gasteiger partial charge in [0.05, 0.1) is 11.6 Å². The Labute approximate surface area is 106 Å². The summed E-state index contributed by atoms with van der Waals surface area (Å²) in [5, 5.41) is 7.37. The van der Waals surface area contributed by atoms with Crippen molar-refractivity contribution < 1.29 is 4.79 Å². The maximum absolute atomic E-state index is 12.2. The van der Waals surface area contributed by atoms with Gasteiger partial charge in [0.15, 0.2) is 0 Å². The molecule has 2 aromatic rings. The molecule has 1 unspecified atom stereocenters. The molecule has 2 heterocycles. The van der Waals surface area contributed by atoms with Crippen LogP contribution in [0.3, 0.4) is 0 Å². The number of H-pyrrole nitrogens is 1. The fourth-order valence-corrected chi connectivity index (χ4v) is 2.50. The van der Waals surface area contributed by atoms with Crippen molar-refractivity contribution in [3.8, 4) is 0 Å². The number of piperidine rings is 1. The molecule has 1 aliphatic heterocycles. The third-order valence-electron chi connectivity index (χ3n) is 3.52. The Kier molecular flexibility index (Phi) is 3.02. The molecule has 4 heteroatoms. The molecule has 1 amide bonds. The van der Waals surface area contributed by atoms with E-state index in [1.54, 1.807) is 0 Å². The number of hydrogen-bond donors (Lipinski definition) is 3. The Morgan fingerprint density at radius 1 is 1.33 bits per heavy atom. The lowest BCUT2D eigenvalue weighted by molar-refractivity contribution is -0.120. The summed E-state index contributed by atoms with van der Waals surface area (Å²) in [5.41, 5.74) is 1.94. The van der Waals surface area contributed by atoms with E-state index >= 15 is 0 Å². The van der Waals surface area contributed by atoms with Crippen LogP contribution in [0.25, 0.3) is 10.9 Å². The molecule has 0 bridgehead atoms. The third-order valence-corrected chi connectivity index (χ3v) is 3.52. The van der Waals surface area contributed by atoms with E-state index in [4.69, 9.17) is 0 Å². The summed E-state index contributed by atoms with van der Waals surface area (Å²) in [4.78, 5) is 15.3. The molecule has 1 aliphatic rings. The molecule has 3 rings (SSSR count). The molecule has 94 valence electrons. The van der Waals surface area contributed by atoms with Crippen molar-refractivity contribution in [2.45, 2.75) is 12.8 Å². The zero-order chi connectivity index (χ0) is 12.4. The van der Waals surface area contributed by atoms with Crippen LogP contribution in [0, 0.1) is 5.92 Å². The molecule has 1 atom stereocenters. The Hall–Kier alpha value is -1.81. The standard InChI is InChI=1S/C14H17N3O/c18-14(10-3-2-7-15-9-10)17-13-5-1-4-12-11(13)6-8-16-12/h1,4-6,8,10,15-16H,2-3,7,9H2,(H,17,18). The van der Waals surface area contributed by atoms with Gasteiger partial charge in [0.2, 0.25) is 5.91 Å². The summed E-state index contributed by atoms with van der Waals surface area (Å²) in [6.07, 6.45) is 3.94. The van der Waals surface area contributed by atoms with Gasteiger partial charge < -0.3 is 15.6 Å². The average Bonchev–Trinajstić information content (AvgIpc) is 2.89. The topological polar surface area (TPSA) is 56.9 Å². The first-order valence-electron chi connectivity index (χ1n) is 6.42. The van der Waals surface area contributed by atoms with Crippen LogP contribution in [0.5, 0.6) is 0 Å². The number of rotatable bonds is 2. The summed E-state index contributed by atoms with van der Waals surface area (Å²) in [7, 11) is 0. The maximum Gasteiger partial charge on any atom is 0.228 e. The number of nitrogens with one attached hydrogen (secondary N) is 3. The molecule has 1 saturated heterocycles. The lowest BCUT2D eigenvalue weighted by atomic mass is 9.98. The highest BCUT2D eigenvalue weighted by Crippen LogP contribution is 2.23. The van der Waals surface area contributed by atoms with E-state index in [9.17, 15) is 4.79 Å². The van der Waals surface area contributed by atoms with Crippen molar-refractivity contribution in [3.63, 3.8) is 0 Å². The molecule has 0 radical (unpaired) electrons. The number of aromatic nitrogens is 1. The molecule has 1 fully saturated rings. The number of anilines is 1. The van der Waals surface area contributed by atoms with E-state index in [2.05, 4.69) is 15.6 Å². The van der Waals surface area contributed by atoms with Crippen LogP contribution >= 0.6 is 0 Å². The maximum atomic E-state index is 12.2. The molecule has 1 aromatic heterocycles. The largest absolute Gasteiger partial charge is 0.361 e. The van der Waals surface area contributed by atoms with Crippen molar-refractivity contribution in [2.24, 2.45) is 5.92 Å². The number of carbonyl (C=O) groups is 1. The normalized spacial score (nSPS) is 19.9. The summed E-state index contributed by atoms with van der Waals surface area (Å²) < 4.78 is 0. The Balaban J connectivity index is 1.79. The van der Waals surface area contributed by atoms with E-state index in [0.29, 0.717) is 0 Å². The lowest BCUT2D eigenvalue weighted by Gasteiger charge is -2.22. The molecule has 0 aliphatic carbocycles. The van der Waals surface area contributed by atoms with E-state index in [-0.39, 0.29) is 11.8 Å². The van der Waals surface area contributed by atoms with Crippen LogP contribution in [0.15, 0.2) is 30.5 Å². The minimum Gasteiger partial charge on any atom is -0.361 e. The van der Waals surface area contributed by atoms with Gasteiger partial charge in [-0.05, 0) is 37.6 Å². The van der Waals surface area contributed by atoms with E-state index in [1.807, 2.05) is 30.5 Å². The second kappa shape index (κ2) is 4.82. The smallest absolute Gasteiger partial charge is 0.228 e. The minimum absolute atomic E-state index is 0.0907. The highest BCUT2D eigenvalue weighted by Gasteiger charge is 2.21. The van der Waals surface area contributed by atoms with E-state index in [0.717, 1.165) is 42.5 Å². The fourth-order valence-electron chi connectivity index (χ4n) is 2.50. The van der Waals surface area contributed by atoms with Crippen molar-refractivity contribution in [2.75, 3.05) is 18.4 Å². The predicted octanol–water partition coefficient (Wildman–Crippen LogP) is 2.11. The molecule has 4 nitrogen and oxygen atoms in total. The third kappa shape index (κ3) is 2.11. The van der Waals surface area contributed by atoms with Gasteiger partial charge in [-0.25, -0.2) is 0 Å². The summed E-state index contributed by atoms with van der Waals surface area (Å²) in [6, 6.07) is 7.90. The number of carbonyl (C=O) groups excluding carboxylic acids is 1. The zero-order valence-electron chi connectivity index (χ0n) is 10.2. The second-order valence-corrected chi connectivity index (χ2v) is 4.78. The lowest BCUT2D eigenvalue weighted by Crippen LogP contribution is -2.37. The number of benzene rings is 1. The SMILES string of the molecule is O=C(Nc1cccc2[nH]ccc12)C1CCCNC1. The van der Waals surface area contributed by atoms with E-state index in [1.165, 1.54) is 0 Å². The van der Waals surface area contributed by atoms with Gasteiger partial charge in [-0.15, -0.1) is 0 Å². The molecule has 3 N–H and O–H groups in total. The average molecular weight is 243 g/mol. The van der Waals surface area contributed by atoms with Crippen LogP contribution in [-0.4, -0.2) is 24.0 Å². The molecule has 0 spiro atoms. The second-order valence-electron chi connectivity index (χ2n) is 4.78. The molecule has 0 saturated carbocycles. The highest BCUT2D eigenvalue weighted by molar-refractivity contribution is 6.02. The monoisotopic (exact) mass is 243 g/mol. The summed E-state index contributed by atoms with van der Waals surface area (Å²) >= 11 is 0. The quantitative estimate of drug-likeness (QED) is 0.756. The van der Waals surface area contributed by atoms with Gasteiger partial charge in [-0.2, -0.15) is 0 Å². The first-order chi connectivity index (χ1) is 8.84. The first kappa shape index (κ1) is 11.3. The van der Waals surface area contributed by atoms with Crippen LogP contribution in [-0.2, 0) is 4.79 Å². The number of amides is 1. The number of aromatic amines is 1. The van der Waals surface area contributed by atoms with Gasteiger partial charge in [0.1, 0.15) is 0 Å². The van der Waals surface area contributed by atoms with Gasteiger partial charge >= 0.3 is 0 Å². The zero-order valence-corrected chi connectivity index (χ0v) is 10.2. The van der Waals surface area contributed by atoms with Gasteiger partial charge in [0, 0.05) is 23.6 Å². The first-order valence-corrected chi connectivity index (χ1v) is 6.42. The summed E-state index contributed by atoms with van der Waals surface area (Å²) in [5.74, 6) is 0.212. The Morgan fingerprint density at radius 2 is 2.28 bits per heavy atom. The Bertz CT molecular complexity index is 555. The number of hydrogen-bond acceptors (Lipinski definition) is 2. The predicted molar refractivity (Wildman–Crippen MR) is 72.5 cm³/mol. The highest BCUT2D eigenvalue weighted by atomic mass is 16.1. The van der Waals surface area contributed by atoms with Gasteiger partial charge in [0.25, 0.3) is 0 Å². The molecular weight excluding hydrogens is 226 g/mol. The van der Waals surface area contributed by atoms with Crippen LogP contribution in [0.4, 0.5) is 5.69 Å². The van der Waals surface area contributed by atoms with Crippen molar-refractivity contribution in [1.29, 1.82) is 0 Å². The van der Waals surface area contributed by atoms with Crippen LogP contribution in [0.1, 0.15) is 12.8 Å². The van der Waals surface area contributed by atoms with E-state index < -0.39 is 0 Å². The number of fused-ring (bicyclic) bond motifs is 1. The van der Waals surface area contributed by atoms with Crippen molar-refractivity contribution >= 4 is 22.5 Å². The molecule has 1 aromatic carbocycles. The van der Waals surface area contributed by atoms with Crippen LogP contribution in [0.2, 0.25) is 0 Å². The van der Waals surface area contributed by atoms with Gasteiger partial charge in [-0.1, -0.05) is 6.07 Å². The summed E-state index contributed by atoms with van der Waals surface area (Å²) in [6.45, 7) is 1.81. The van der Waals surface area contributed by atoms with Gasteiger partial charge in [-0.3, -0.25) is 4.79 Å². The molecule has 18 heavy (non-hydrogen) atoms. The van der Waals surface area contributed by atoms with Crippen LogP contribution < -0.4 is 10.6 Å². The molecular formula is C14H17N3O. The van der Waals surface area contributed by atoms with Crippen molar-refractivity contribution in [1.82, 2.24) is 10.3 Å². The van der Waals surface area contributed by atoms with Crippen molar-refractivity contribution in [3.05, 3.63) is 30.5 Å². The minimum atomic E-state index is 0.0907.